The quantitative estimate of drug-likeness (QED) is 0.728. The summed E-state index contributed by atoms with van der Waals surface area (Å²) in [6.45, 7) is 5.18. The molecule has 3 heterocycles. The van der Waals surface area contributed by atoms with E-state index in [1.165, 1.54) is 11.3 Å². The SMILES string of the molecule is Cc1ncc2[nH]c3c(c2n1)C[C@@H](C)N(C)C3. The Bertz CT molecular complexity index is 543. The molecule has 0 radical (unpaired) electrons. The van der Waals surface area contributed by atoms with Crippen molar-refractivity contribution in [1.29, 1.82) is 0 Å². The predicted molar refractivity (Wildman–Crippen MR) is 63.3 cm³/mol. The average molecular weight is 216 g/mol. The molecule has 4 heteroatoms. The summed E-state index contributed by atoms with van der Waals surface area (Å²) in [5, 5.41) is 0. The van der Waals surface area contributed by atoms with E-state index in [1.807, 2.05) is 13.1 Å². The zero-order valence-corrected chi connectivity index (χ0v) is 9.91. The van der Waals surface area contributed by atoms with Crippen LogP contribution in [0.3, 0.4) is 0 Å². The minimum absolute atomic E-state index is 0.585. The first-order valence-electron chi connectivity index (χ1n) is 5.68. The molecule has 0 amide bonds. The second-order valence-corrected chi connectivity index (χ2v) is 4.73. The van der Waals surface area contributed by atoms with Crippen molar-refractivity contribution in [3.8, 4) is 0 Å². The molecule has 16 heavy (non-hydrogen) atoms. The van der Waals surface area contributed by atoms with Gasteiger partial charge in [0.2, 0.25) is 0 Å². The summed E-state index contributed by atoms with van der Waals surface area (Å²) in [4.78, 5) is 14.6. The van der Waals surface area contributed by atoms with Gasteiger partial charge in [-0.2, -0.15) is 0 Å². The molecule has 4 nitrogen and oxygen atoms in total. The number of hydrogen-bond acceptors (Lipinski definition) is 3. The largest absolute Gasteiger partial charge is 0.355 e. The van der Waals surface area contributed by atoms with Gasteiger partial charge in [0, 0.05) is 23.8 Å². The fourth-order valence-electron chi connectivity index (χ4n) is 2.38. The first-order chi connectivity index (χ1) is 7.65. The monoisotopic (exact) mass is 216 g/mol. The minimum Gasteiger partial charge on any atom is -0.355 e. The van der Waals surface area contributed by atoms with Gasteiger partial charge in [0.05, 0.1) is 17.2 Å². The Morgan fingerprint density at radius 3 is 3.12 bits per heavy atom. The summed E-state index contributed by atoms with van der Waals surface area (Å²) < 4.78 is 0. The zero-order valence-electron chi connectivity index (χ0n) is 9.91. The number of aryl methyl sites for hydroxylation is 1. The highest BCUT2D eigenvalue weighted by atomic mass is 15.1. The highest BCUT2D eigenvalue weighted by Crippen LogP contribution is 2.27. The Morgan fingerprint density at radius 2 is 2.31 bits per heavy atom. The van der Waals surface area contributed by atoms with E-state index in [1.54, 1.807) is 0 Å². The van der Waals surface area contributed by atoms with Gasteiger partial charge in [-0.3, -0.25) is 4.90 Å². The van der Waals surface area contributed by atoms with Gasteiger partial charge in [-0.1, -0.05) is 0 Å². The maximum absolute atomic E-state index is 4.55. The topological polar surface area (TPSA) is 44.8 Å². The van der Waals surface area contributed by atoms with Crippen LogP contribution >= 0.6 is 0 Å². The molecule has 1 atom stereocenters. The Hall–Kier alpha value is -1.42. The standard InChI is InChI=1S/C12H16N4/c1-7-4-9-11(6-16(7)3)15-10-5-13-8(2)14-12(9)10/h5,7,15H,4,6H2,1-3H3/t7-/m1/s1. The smallest absolute Gasteiger partial charge is 0.126 e. The third-order valence-electron chi connectivity index (χ3n) is 3.50. The fourth-order valence-corrected chi connectivity index (χ4v) is 2.38. The van der Waals surface area contributed by atoms with E-state index in [-0.39, 0.29) is 0 Å². The normalized spacial score (nSPS) is 21.3. The fraction of sp³-hybridized carbons (Fsp3) is 0.500. The molecule has 0 fully saturated rings. The molecule has 1 aliphatic heterocycles. The summed E-state index contributed by atoms with van der Waals surface area (Å²) in [7, 11) is 2.16. The van der Waals surface area contributed by atoms with Gasteiger partial charge < -0.3 is 4.98 Å². The van der Waals surface area contributed by atoms with Crippen LogP contribution in [0.5, 0.6) is 0 Å². The van der Waals surface area contributed by atoms with Crippen molar-refractivity contribution in [2.75, 3.05) is 7.05 Å². The van der Waals surface area contributed by atoms with E-state index >= 15 is 0 Å². The summed E-state index contributed by atoms with van der Waals surface area (Å²) >= 11 is 0. The molecule has 0 spiro atoms. The second kappa shape index (κ2) is 3.28. The Balaban J connectivity index is 2.21. The lowest BCUT2D eigenvalue weighted by Gasteiger charge is -2.29. The third kappa shape index (κ3) is 1.33. The number of nitrogens with one attached hydrogen (secondary N) is 1. The molecule has 0 aliphatic carbocycles. The van der Waals surface area contributed by atoms with Gasteiger partial charge in [-0.15, -0.1) is 0 Å². The van der Waals surface area contributed by atoms with Gasteiger partial charge in [0.25, 0.3) is 0 Å². The van der Waals surface area contributed by atoms with E-state index in [0.717, 1.165) is 29.8 Å². The van der Waals surface area contributed by atoms with E-state index in [0.29, 0.717) is 6.04 Å². The van der Waals surface area contributed by atoms with Crippen LogP contribution in [0.15, 0.2) is 6.20 Å². The highest BCUT2D eigenvalue weighted by Gasteiger charge is 2.24. The van der Waals surface area contributed by atoms with Crippen molar-refractivity contribution in [2.45, 2.75) is 32.9 Å². The minimum atomic E-state index is 0.585. The molecule has 2 aromatic heterocycles. The maximum Gasteiger partial charge on any atom is 0.126 e. The lowest BCUT2D eigenvalue weighted by Crippen LogP contribution is -2.34. The van der Waals surface area contributed by atoms with Crippen molar-refractivity contribution in [1.82, 2.24) is 19.9 Å². The van der Waals surface area contributed by atoms with Crippen LogP contribution < -0.4 is 0 Å². The highest BCUT2D eigenvalue weighted by molar-refractivity contribution is 5.80. The molecule has 0 aromatic carbocycles. The van der Waals surface area contributed by atoms with Crippen LogP contribution in [0.1, 0.15) is 24.0 Å². The number of hydrogen-bond donors (Lipinski definition) is 1. The molecule has 84 valence electrons. The number of H-pyrrole nitrogens is 1. The van der Waals surface area contributed by atoms with Crippen molar-refractivity contribution in [3.05, 3.63) is 23.3 Å². The molecule has 0 saturated heterocycles. The Morgan fingerprint density at radius 1 is 1.50 bits per heavy atom. The predicted octanol–water partition coefficient (Wildman–Crippen LogP) is 1.64. The molecule has 1 aliphatic rings. The Kier molecular flexibility index (Phi) is 2.01. The zero-order chi connectivity index (χ0) is 11.3. The first-order valence-corrected chi connectivity index (χ1v) is 5.68. The number of aromatic nitrogens is 3. The number of rotatable bonds is 0. The number of aromatic amines is 1. The van der Waals surface area contributed by atoms with Crippen LogP contribution in [0.4, 0.5) is 0 Å². The number of likely N-dealkylation sites (N-methyl/N-ethyl adjacent to an activating group) is 1. The number of nitrogens with zero attached hydrogens (tertiary/aromatic N) is 3. The lowest BCUT2D eigenvalue weighted by atomic mass is 10.0. The molecule has 0 bridgehead atoms. The van der Waals surface area contributed by atoms with Gasteiger partial charge in [-0.05, 0) is 27.3 Å². The molecular weight excluding hydrogens is 200 g/mol. The van der Waals surface area contributed by atoms with E-state index in [4.69, 9.17) is 0 Å². The first kappa shape index (κ1) is 9.78. The summed E-state index contributed by atoms with van der Waals surface area (Å²) in [5.41, 5.74) is 4.86. The van der Waals surface area contributed by atoms with Gasteiger partial charge in [0.1, 0.15) is 5.82 Å². The summed E-state index contributed by atoms with van der Waals surface area (Å²) in [6.07, 6.45) is 2.96. The molecule has 1 N–H and O–H groups in total. The van der Waals surface area contributed by atoms with E-state index < -0.39 is 0 Å². The van der Waals surface area contributed by atoms with Gasteiger partial charge in [0.15, 0.2) is 0 Å². The molecule has 2 aromatic rings. The maximum atomic E-state index is 4.55. The van der Waals surface area contributed by atoms with E-state index in [2.05, 4.69) is 33.8 Å². The van der Waals surface area contributed by atoms with Crippen molar-refractivity contribution >= 4 is 11.0 Å². The summed E-state index contributed by atoms with van der Waals surface area (Å²) in [6, 6.07) is 0.585. The molecular formula is C12H16N4. The van der Waals surface area contributed by atoms with Crippen LogP contribution in [-0.2, 0) is 13.0 Å². The number of fused-ring (bicyclic) bond motifs is 3. The van der Waals surface area contributed by atoms with Crippen molar-refractivity contribution in [3.63, 3.8) is 0 Å². The lowest BCUT2D eigenvalue weighted by molar-refractivity contribution is 0.229. The summed E-state index contributed by atoms with van der Waals surface area (Å²) in [5.74, 6) is 0.848. The van der Waals surface area contributed by atoms with Crippen LogP contribution in [0.25, 0.3) is 11.0 Å². The average Bonchev–Trinajstić information content (AvgIpc) is 2.57. The second-order valence-electron chi connectivity index (χ2n) is 4.73. The van der Waals surface area contributed by atoms with Gasteiger partial charge in [-0.25, -0.2) is 9.97 Å². The van der Waals surface area contributed by atoms with Gasteiger partial charge >= 0.3 is 0 Å². The van der Waals surface area contributed by atoms with Crippen LogP contribution in [0, 0.1) is 6.92 Å². The van der Waals surface area contributed by atoms with E-state index in [9.17, 15) is 0 Å². The van der Waals surface area contributed by atoms with Crippen molar-refractivity contribution < 1.29 is 0 Å². The van der Waals surface area contributed by atoms with Crippen LogP contribution in [-0.4, -0.2) is 32.9 Å². The molecule has 3 rings (SSSR count). The molecule has 0 unspecified atom stereocenters. The Labute approximate surface area is 94.7 Å². The van der Waals surface area contributed by atoms with Crippen molar-refractivity contribution in [2.24, 2.45) is 0 Å². The molecule has 0 saturated carbocycles. The third-order valence-corrected chi connectivity index (χ3v) is 3.50. The van der Waals surface area contributed by atoms with Crippen LogP contribution in [0.2, 0.25) is 0 Å².